The Morgan fingerprint density at radius 1 is 0.645 bits per heavy atom. The van der Waals surface area contributed by atoms with Gasteiger partial charge in [-0.2, -0.15) is 0 Å². The van der Waals surface area contributed by atoms with Crippen LogP contribution in [0.4, 0.5) is 0 Å². The minimum absolute atomic E-state index is 0. The molecule has 0 bridgehead atoms. The molecule has 2 aromatic carbocycles. The summed E-state index contributed by atoms with van der Waals surface area (Å²) in [5.74, 6) is -0.842. The predicted molar refractivity (Wildman–Crippen MR) is 130 cm³/mol. The summed E-state index contributed by atoms with van der Waals surface area (Å²) in [5, 5.41) is 0. The van der Waals surface area contributed by atoms with E-state index in [4.69, 9.17) is 9.47 Å². The molecule has 0 N–H and O–H groups in total. The SMILES string of the molecule is CCCC/C(C(=O)OCc1ccccc1)=C(\CCCC)C(=O)OCc1ccccc1.[SnH4]. The molecule has 4 nitrogen and oxygen atoms in total. The van der Waals surface area contributed by atoms with Gasteiger partial charge in [0, 0.05) is 11.1 Å². The van der Waals surface area contributed by atoms with Gasteiger partial charge in [0.25, 0.3) is 0 Å². The van der Waals surface area contributed by atoms with E-state index in [-0.39, 0.29) is 37.1 Å². The normalized spacial score (nSPS) is 11.2. The fraction of sp³-hybridized carbons (Fsp3) is 0.385. The molecule has 5 heteroatoms. The van der Waals surface area contributed by atoms with Gasteiger partial charge >= 0.3 is 35.8 Å². The van der Waals surface area contributed by atoms with Gasteiger partial charge in [0.1, 0.15) is 13.2 Å². The molecule has 0 aromatic heterocycles. The Balaban J connectivity index is 0.00000480. The van der Waals surface area contributed by atoms with Crippen LogP contribution in [0.1, 0.15) is 63.5 Å². The Morgan fingerprint density at radius 2 is 1.00 bits per heavy atom. The summed E-state index contributed by atoms with van der Waals surface area (Å²) in [7, 11) is 0. The van der Waals surface area contributed by atoms with E-state index < -0.39 is 11.9 Å². The Bertz CT molecular complexity index is 746. The van der Waals surface area contributed by atoms with Gasteiger partial charge in [0.15, 0.2) is 0 Å². The Kier molecular flexibility index (Phi) is 13.6. The summed E-state index contributed by atoms with van der Waals surface area (Å²) in [6, 6.07) is 19.1. The number of hydrogen-bond acceptors (Lipinski definition) is 4. The van der Waals surface area contributed by atoms with Crippen molar-refractivity contribution in [2.45, 2.75) is 65.6 Å². The zero-order valence-corrected chi connectivity index (χ0v) is 18.1. The average Bonchev–Trinajstić information content (AvgIpc) is 2.79. The van der Waals surface area contributed by atoms with Crippen LogP contribution in [0.25, 0.3) is 0 Å². The van der Waals surface area contributed by atoms with E-state index in [1.807, 2.05) is 60.7 Å². The number of benzene rings is 2. The summed E-state index contributed by atoms with van der Waals surface area (Å²) < 4.78 is 11.1. The monoisotopic (exact) mass is 532 g/mol. The van der Waals surface area contributed by atoms with Gasteiger partial charge in [-0.25, -0.2) is 9.59 Å². The first-order valence-corrected chi connectivity index (χ1v) is 10.8. The summed E-state index contributed by atoms with van der Waals surface area (Å²) in [5.41, 5.74) is 2.75. The second-order valence-electron chi connectivity index (χ2n) is 7.29. The average molecular weight is 531 g/mol. The van der Waals surface area contributed by atoms with E-state index in [1.54, 1.807) is 0 Å². The third kappa shape index (κ3) is 9.72. The van der Waals surface area contributed by atoms with Crippen LogP contribution in [0.2, 0.25) is 0 Å². The molecule has 2 aromatic rings. The molecule has 0 saturated heterocycles. The quantitative estimate of drug-likeness (QED) is 0.227. The molecular weight excluding hydrogens is 495 g/mol. The van der Waals surface area contributed by atoms with Crippen molar-refractivity contribution in [2.24, 2.45) is 0 Å². The van der Waals surface area contributed by atoms with Crippen LogP contribution in [0.15, 0.2) is 71.8 Å². The maximum atomic E-state index is 12.9. The van der Waals surface area contributed by atoms with E-state index in [0.29, 0.717) is 24.0 Å². The van der Waals surface area contributed by atoms with Crippen molar-refractivity contribution in [3.05, 3.63) is 82.9 Å². The molecule has 0 heterocycles. The van der Waals surface area contributed by atoms with Crippen LogP contribution in [0, 0.1) is 0 Å². The molecule has 0 saturated carbocycles. The van der Waals surface area contributed by atoms with Gasteiger partial charge in [-0.3, -0.25) is 0 Å². The summed E-state index contributed by atoms with van der Waals surface area (Å²) in [6.07, 6.45) is 4.52. The molecule has 0 radical (unpaired) electrons. The summed E-state index contributed by atoms with van der Waals surface area (Å²) in [6.45, 7) is 4.50. The molecular formula is C26H36O4Sn. The number of rotatable bonds is 12. The predicted octanol–water partition coefficient (Wildman–Crippen LogP) is 4.70. The fourth-order valence-electron chi connectivity index (χ4n) is 3.08. The zero-order valence-electron chi connectivity index (χ0n) is 18.1. The first kappa shape index (κ1) is 27.0. The number of esters is 2. The van der Waals surface area contributed by atoms with Crippen molar-refractivity contribution in [3.63, 3.8) is 0 Å². The van der Waals surface area contributed by atoms with Gasteiger partial charge < -0.3 is 9.47 Å². The van der Waals surface area contributed by atoms with Gasteiger partial charge in [-0.1, -0.05) is 87.4 Å². The van der Waals surface area contributed by atoms with Crippen LogP contribution in [0.3, 0.4) is 0 Å². The van der Waals surface area contributed by atoms with Gasteiger partial charge in [0.2, 0.25) is 0 Å². The molecule has 0 atom stereocenters. The van der Waals surface area contributed by atoms with E-state index in [1.165, 1.54) is 0 Å². The van der Waals surface area contributed by atoms with Crippen LogP contribution in [-0.2, 0) is 32.3 Å². The number of hydrogen-bond donors (Lipinski definition) is 0. The second-order valence-corrected chi connectivity index (χ2v) is 7.29. The second kappa shape index (κ2) is 15.7. The maximum absolute atomic E-state index is 12.9. The van der Waals surface area contributed by atoms with Crippen molar-refractivity contribution < 1.29 is 19.1 Å². The topological polar surface area (TPSA) is 52.6 Å². The van der Waals surface area contributed by atoms with Crippen molar-refractivity contribution in [1.29, 1.82) is 0 Å². The van der Waals surface area contributed by atoms with Gasteiger partial charge in [-0.15, -0.1) is 0 Å². The Labute approximate surface area is 203 Å². The Morgan fingerprint density at radius 3 is 1.32 bits per heavy atom. The third-order valence-corrected chi connectivity index (χ3v) is 4.84. The number of ether oxygens (including phenoxy) is 2. The first-order valence-electron chi connectivity index (χ1n) is 10.8. The van der Waals surface area contributed by atoms with Crippen LogP contribution < -0.4 is 0 Å². The van der Waals surface area contributed by atoms with E-state index in [2.05, 4.69) is 13.8 Å². The van der Waals surface area contributed by atoms with E-state index in [9.17, 15) is 9.59 Å². The summed E-state index contributed by atoms with van der Waals surface area (Å²) >= 11 is 0. The molecule has 0 amide bonds. The van der Waals surface area contributed by atoms with Crippen molar-refractivity contribution in [3.8, 4) is 0 Å². The fourth-order valence-corrected chi connectivity index (χ4v) is 3.08. The van der Waals surface area contributed by atoms with Crippen molar-refractivity contribution in [1.82, 2.24) is 0 Å². The van der Waals surface area contributed by atoms with Crippen LogP contribution >= 0.6 is 0 Å². The molecule has 0 fully saturated rings. The molecule has 0 aliphatic carbocycles. The first-order chi connectivity index (χ1) is 14.7. The van der Waals surface area contributed by atoms with Gasteiger partial charge in [0.05, 0.1) is 0 Å². The third-order valence-electron chi connectivity index (χ3n) is 4.84. The molecule has 31 heavy (non-hydrogen) atoms. The number of unbranched alkanes of at least 4 members (excludes halogenated alkanes) is 2. The Hall–Kier alpha value is -2.08. The van der Waals surface area contributed by atoms with Crippen molar-refractivity contribution >= 4 is 35.8 Å². The number of carbonyl (C=O) groups is 2. The van der Waals surface area contributed by atoms with Crippen molar-refractivity contribution in [2.75, 3.05) is 0 Å². The van der Waals surface area contributed by atoms with E-state index >= 15 is 0 Å². The van der Waals surface area contributed by atoms with Crippen LogP contribution in [-0.4, -0.2) is 35.8 Å². The van der Waals surface area contributed by atoms with Gasteiger partial charge in [-0.05, 0) is 36.8 Å². The molecule has 168 valence electrons. The standard InChI is InChI=1S/C26H32O4.Sn.4H/c1-3-5-17-23(25(27)29-19-21-13-9-7-10-14-21)24(18-6-4-2)26(28)30-20-22-15-11-8-12-16-22;;;;;/h7-16H,3-6,17-20H2,1-2H3;;;;;/b24-23-;;;;;. The minimum atomic E-state index is -0.421. The zero-order chi connectivity index (χ0) is 21.6. The molecule has 0 unspecified atom stereocenters. The molecule has 0 aliphatic heterocycles. The van der Waals surface area contributed by atoms with Crippen LogP contribution in [0.5, 0.6) is 0 Å². The molecule has 0 spiro atoms. The van der Waals surface area contributed by atoms with E-state index in [0.717, 1.165) is 36.8 Å². The summed E-state index contributed by atoms with van der Waals surface area (Å²) in [4.78, 5) is 25.8. The molecule has 0 aliphatic rings. The molecule has 2 rings (SSSR count). The number of carbonyl (C=O) groups excluding carboxylic acids is 2.